The second-order valence-electron chi connectivity index (χ2n) is 5.16. The monoisotopic (exact) mass is 313 g/mol. The van der Waals surface area contributed by atoms with Crippen molar-refractivity contribution in [1.82, 2.24) is 14.7 Å². The molecule has 1 aromatic carbocycles. The molecule has 108 valence electrons. The third-order valence-corrected chi connectivity index (χ3v) is 5.36. The molecule has 20 heavy (non-hydrogen) atoms. The number of nitrogens with one attached hydrogen (secondary N) is 2. The van der Waals surface area contributed by atoms with Crippen molar-refractivity contribution < 1.29 is 8.42 Å². The molecule has 3 rings (SSSR count). The second-order valence-corrected chi connectivity index (χ2v) is 7.23. The van der Waals surface area contributed by atoms with Crippen LogP contribution in [0.15, 0.2) is 23.1 Å². The molecule has 0 aliphatic heterocycles. The molecule has 0 saturated heterocycles. The summed E-state index contributed by atoms with van der Waals surface area (Å²) in [5.41, 5.74) is 1.29. The first kappa shape index (κ1) is 13.9. The van der Waals surface area contributed by atoms with Crippen LogP contribution in [0.25, 0.3) is 11.0 Å². The molecule has 1 aliphatic rings. The van der Waals surface area contributed by atoms with Crippen molar-refractivity contribution in [3.05, 3.63) is 23.5 Å². The fourth-order valence-corrected chi connectivity index (χ4v) is 4.16. The zero-order valence-corrected chi connectivity index (χ0v) is 12.5. The highest BCUT2D eigenvalue weighted by Crippen LogP contribution is 2.22. The number of aromatic amines is 1. The van der Waals surface area contributed by atoms with Gasteiger partial charge >= 0.3 is 0 Å². The number of benzene rings is 1. The Kier molecular flexibility index (Phi) is 3.70. The Balaban J connectivity index is 1.87. The largest absolute Gasteiger partial charge is 0.329 e. The molecule has 0 radical (unpaired) electrons. The van der Waals surface area contributed by atoms with Crippen LogP contribution in [0.4, 0.5) is 0 Å². The molecule has 0 amide bonds. The van der Waals surface area contributed by atoms with Gasteiger partial charge in [-0.05, 0) is 42.6 Å². The lowest BCUT2D eigenvalue weighted by Gasteiger charge is -2.22. The maximum Gasteiger partial charge on any atom is 0.240 e. The summed E-state index contributed by atoms with van der Waals surface area (Å²) in [6, 6.07) is 4.84. The summed E-state index contributed by atoms with van der Waals surface area (Å²) in [7, 11) is -3.48. The van der Waals surface area contributed by atoms with Crippen LogP contribution in [-0.2, 0) is 10.0 Å². The van der Waals surface area contributed by atoms with Gasteiger partial charge in [0.05, 0.1) is 15.9 Å². The number of imidazole rings is 1. The van der Waals surface area contributed by atoms with Gasteiger partial charge in [0.15, 0.2) is 0 Å². The van der Waals surface area contributed by atoms with E-state index in [2.05, 4.69) is 14.7 Å². The van der Waals surface area contributed by atoms with Crippen LogP contribution in [0.2, 0.25) is 5.28 Å². The number of nitrogens with zero attached hydrogens (tertiary/aromatic N) is 1. The van der Waals surface area contributed by atoms with Crippen molar-refractivity contribution in [3.63, 3.8) is 0 Å². The van der Waals surface area contributed by atoms with Gasteiger partial charge in [-0.2, -0.15) is 0 Å². The Morgan fingerprint density at radius 2 is 2.00 bits per heavy atom. The summed E-state index contributed by atoms with van der Waals surface area (Å²) in [5.74, 6) is 0. The van der Waals surface area contributed by atoms with E-state index in [-0.39, 0.29) is 16.2 Å². The van der Waals surface area contributed by atoms with Crippen molar-refractivity contribution in [2.45, 2.75) is 43.0 Å². The molecule has 0 bridgehead atoms. The summed E-state index contributed by atoms with van der Waals surface area (Å²) in [6.07, 6.45) is 5.19. The van der Waals surface area contributed by atoms with Gasteiger partial charge in [0.1, 0.15) is 0 Å². The first-order valence-corrected chi connectivity index (χ1v) is 8.58. The zero-order chi connectivity index (χ0) is 14.2. The molecular weight excluding hydrogens is 298 g/mol. The van der Waals surface area contributed by atoms with Crippen LogP contribution < -0.4 is 4.72 Å². The first-order chi connectivity index (χ1) is 9.54. The predicted octanol–water partition coefficient (Wildman–Crippen LogP) is 2.83. The van der Waals surface area contributed by atoms with E-state index in [1.165, 1.54) is 6.42 Å². The molecule has 0 atom stereocenters. The molecule has 1 aliphatic carbocycles. The number of H-pyrrole nitrogens is 1. The standard InChI is InChI=1S/C13H16ClN3O2S/c14-13-15-11-7-6-10(8-12(11)16-13)20(18,19)17-9-4-2-1-3-5-9/h6-9,17H,1-5H2,(H,15,16). The normalized spacial score (nSPS) is 17.6. The summed E-state index contributed by atoms with van der Waals surface area (Å²) >= 11 is 5.77. The number of sulfonamides is 1. The van der Waals surface area contributed by atoms with Gasteiger partial charge in [-0.15, -0.1) is 0 Å². The maximum atomic E-state index is 12.4. The average Bonchev–Trinajstić information content (AvgIpc) is 2.78. The van der Waals surface area contributed by atoms with Crippen LogP contribution in [0.3, 0.4) is 0 Å². The Labute approximate surface area is 122 Å². The molecule has 1 fully saturated rings. The highest BCUT2D eigenvalue weighted by molar-refractivity contribution is 7.89. The van der Waals surface area contributed by atoms with Gasteiger partial charge in [-0.1, -0.05) is 19.3 Å². The maximum absolute atomic E-state index is 12.4. The van der Waals surface area contributed by atoms with E-state index in [4.69, 9.17) is 11.6 Å². The summed E-state index contributed by atoms with van der Waals surface area (Å²) in [6.45, 7) is 0. The highest BCUT2D eigenvalue weighted by Gasteiger charge is 2.22. The lowest BCUT2D eigenvalue weighted by Crippen LogP contribution is -2.36. The molecule has 2 N–H and O–H groups in total. The molecule has 0 spiro atoms. The van der Waals surface area contributed by atoms with Crippen molar-refractivity contribution in [2.24, 2.45) is 0 Å². The summed E-state index contributed by atoms with van der Waals surface area (Å²) in [5, 5.41) is 0.259. The van der Waals surface area contributed by atoms with Crippen LogP contribution in [0.1, 0.15) is 32.1 Å². The lowest BCUT2D eigenvalue weighted by atomic mass is 9.96. The van der Waals surface area contributed by atoms with E-state index in [0.717, 1.165) is 25.7 Å². The van der Waals surface area contributed by atoms with Crippen molar-refractivity contribution >= 4 is 32.7 Å². The van der Waals surface area contributed by atoms with E-state index in [1.54, 1.807) is 18.2 Å². The Bertz CT molecular complexity index is 720. The van der Waals surface area contributed by atoms with Crippen LogP contribution in [0.5, 0.6) is 0 Å². The van der Waals surface area contributed by atoms with Crippen molar-refractivity contribution in [3.8, 4) is 0 Å². The van der Waals surface area contributed by atoms with Gasteiger partial charge in [0, 0.05) is 6.04 Å². The van der Waals surface area contributed by atoms with E-state index in [1.807, 2.05) is 0 Å². The minimum absolute atomic E-state index is 0.0507. The van der Waals surface area contributed by atoms with Gasteiger partial charge in [0.25, 0.3) is 0 Å². The number of hydrogen-bond acceptors (Lipinski definition) is 3. The van der Waals surface area contributed by atoms with Crippen LogP contribution in [-0.4, -0.2) is 24.4 Å². The molecular formula is C13H16ClN3O2S. The molecule has 0 unspecified atom stereocenters. The van der Waals surface area contributed by atoms with E-state index in [0.29, 0.717) is 11.0 Å². The average molecular weight is 314 g/mol. The number of aromatic nitrogens is 2. The molecule has 1 aromatic heterocycles. The third kappa shape index (κ3) is 2.82. The van der Waals surface area contributed by atoms with Crippen LogP contribution >= 0.6 is 11.6 Å². The van der Waals surface area contributed by atoms with Crippen LogP contribution in [0, 0.1) is 0 Å². The van der Waals surface area contributed by atoms with E-state index in [9.17, 15) is 8.42 Å². The molecule has 5 nitrogen and oxygen atoms in total. The van der Waals surface area contributed by atoms with Gasteiger partial charge in [-0.3, -0.25) is 0 Å². The number of halogens is 1. The zero-order valence-electron chi connectivity index (χ0n) is 10.9. The molecule has 2 aromatic rings. The SMILES string of the molecule is O=S(=O)(NC1CCCCC1)c1ccc2nc(Cl)[nH]c2c1. The smallest absolute Gasteiger partial charge is 0.240 e. The van der Waals surface area contributed by atoms with Gasteiger partial charge in [0.2, 0.25) is 15.3 Å². The highest BCUT2D eigenvalue weighted by atomic mass is 35.5. The third-order valence-electron chi connectivity index (χ3n) is 3.66. The van der Waals surface area contributed by atoms with Gasteiger partial charge in [-0.25, -0.2) is 18.1 Å². The fourth-order valence-electron chi connectivity index (χ4n) is 2.63. The quantitative estimate of drug-likeness (QED) is 0.915. The molecule has 1 heterocycles. The Morgan fingerprint density at radius 1 is 1.25 bits per heavy atom. The Morgan fingerprint density at radius 3 is 2.75 bits per heavy atom. The minimum atomic E-state index is -3.48. The van der Waals surface area contributed by atoms with Crippen molar-refractivity contribution in [2.75, 3.05) is 0 Å². The second kappa shape index (κ2) is 5.35. The molecule has 7 heteroatoms. The lowest BCUT2D eigenvalue weighted by molar-refractivity contribution is 0.412. The minimum Gasteiger partial charge on any atom is -0.329 e. The van der Waals surface area contributed by atoms with E-state index >= 15 is 0 Å². The molecule has 1 saturated carbocycles. The number of hydrogen-bond donors (Lipinski definition) is 2. The first-order valence-electron chi connectivity index (χ1n) is 6.72. The predicted molar refractivity (Wildman–Crippen MR) is 78.3 cm³/mol. The fraction of sp³-hybridized carbons (Fsp3) is 0.462. The van der Waals surface area contributed by atoms with Crippen molar-refractivity contribution in [1.29, 1.82) is 0 Å². The topological polar surface area (TPSA) is 74.8 Å². The summed E-state index contributed by atoms with van der Waals surface area (Å²) in [4.78, 5) is 7.13. The number of fused-ring (bicyclic) bond motifs is 1. The Hall–Kier alpha value is -1.11. The number of rotatable bonds is 3. The van der Waals surface area contributed by atoms with E-state index < -0.39 is 10.0 Å². The van der Waals surface area contributed by atoms with Gasteiger partial charge < -0.3 is 4.98 Å². The summed E-state index contributed by atoms with van der Waals surface area (Å²) < 4.78 is 27.5.